The highest BCUT2D eigenvalue weighted by Crippen LogP contribution is 2.36. The van der Waals surface area contributed by atoms with Crippen molar-refractivity contribution >= 4 is 17.6 Å². The van der Waals surface area contributed by atoms with Crippen molar-refractivity contribution in [2.45, 2.75) is 0 Å². The van der Waals surface area contributed by atoms with Crippen LogP contribution in [0.1, 0.15) is 15.9 Å². The van der Waals surface area contributed by atoms with Crippen molar-refractivity contribution < 1.29 is 19.1 Å². The first-order valence-electron chi connectivity index (χ1n) is 4.70. The van der Waals surface area contributed by atoms with E-state index in [1.54, 1.807) is 18.2 Å². The van der Waals surface area contributed by atoms with E-state index in [0.717, 1.165) is 0 Å². The summed E-state index contributed by atoms with van der Waals surface area (Å²) in [7, 11) is 3.01. The van der Waals surface area contributed by atoms with E-state index in [0.29, 0.717) is 22.6 Å². The lowest BCUT2D eigenvalue weighted by atomic mass is 9.94. The van der Waals surface area contributed by atoms with E-state index in [1.165, 1.54) is 20.3 Å². The highest BCUT2D eigenvalue weighted by Gasteiger charge is 2.24. The number of carbonyl (C=O) groups excluding carboxylic acids is 2. The van der Waals surface area contributed by atoms with Crippen LogP contribution in [0.5, 0.6) is 11.5 Å². The van der Waals surface area contributed by atoms with E-state index in [4.69, 9.17) is 9.47 Å². The van der Waals surface area contributed by atoms with Gasteiger partial charge in [-0.1, -0.05) is 0 Å². The molecule has 82 valence electrons. The molecule has 0 saturated carbocycles. The van der Waals surface area contributed by atoms with Gasteiger partial charge in [-0.05, 0) is 24.3 Å². The van der Waals surface area contributed by atoms with Crippen LogP contribution < -0.4 is 9.47 Å². The molecule has 0 fully saturated rings. The summed E-state index contributed by atoms with van der Waals surface area (Å²) in [5.41, 5.74) is 0.941. The molecule has 0 aliphatic heterocycles. The summed E-state index contributed by atoms with van der Waals surface area (Å²) in [5, 5.41) is 0. The van der Waals surface area contributed by atoms with Gasteiger partial charge >= 0.3 is 0 Å². The third kappa shape index (κ3) is 1.39. The number of hydrogen-bond acceptors (Lipinski definition) is 4. The summed E-state index contributed by atoms with van der Waals surface area (Å²) in [6.45, 7) is 0. The van der Waals surface area contributed by atoms with Crippen LogP contribution in [0.25, 0.3) is 6.08 Å². The number of methoxy groups -OCH3 is 2. The van der Waals surface area contributed by atoms with Crippen molar-refractivity contribution in [3.8, 4) is 11.5 Å². The average molecular weight is 218 g/mol. The number of allylic oxidation sites excluding steroid dienone is 1. The van der Waals surface area contributed by atoms with Gasteiger partial charge in [-0.25, -0.2) is 0 Å². The van der Waals surface area contributed by atoms with Crippen molar-refractivity contribution in [2.24, 2.45) is 0 Å². The Bertz CT molecular complexity index is 500. The molecule has 0 saturated heterocycles. The zero-order valence-corrected chi connectivity index (χ0v) is 8.94. The van der Waals surface area contributed by atoms with E-state index >= 15 is 0 Å². The van der Waals surface area contributed by atoms with Gasteiger partial charge in [0.1, 0.15) is 0 Å². The van der Waals surface area contributed by atoms with E-state index in [-0.39, 0.29) is 0 Å². The molecule has 0 spiro atoms. The number of Topliss-reactive ketones (excluding diaryl/α,β-unsaturated/α-hetero) is 1. The quantitative estimate of drug-likeness (QED) is 0.705. The third-order valence-electron chi connectivity index (χ3n) is 2.45. The number of hydrogen-bond donors (Lipinski definition) is 0. The fourth-order valence-corrected chi connectivity index (χ4v) is 1.68. The first kappa shape index (κ1) is 10.4. The summed E-state index contributed by atoms with van der Waals surface area (Å²) < 4.78 is 10.3. The molecule has 0 heterocycles. The molecule has 0 aromatic heterocycles. The Hall–Kier alpha value is -2.10. The molecular formula is C12H10O4. The maximum Gasteiger partial charge on any atom is 0.233 e. The van der Waals surface area contributed by atoms with Gasteiger partial charge in [0.15, 0.2) is 11.5 Å². The molecule has 2 rings (SSSR count). The van der Waals surface area contributed by atoms with E-state index < -0.39 is 11.6 Å². The molecule has 4 heteroatoms. The number of benzene rings is 1. The van der Waals surface area contributed by atoms with Gasteiger partial charge in [-0.2, -0.15) is 0 Å². The van der Waals surface area contributed by atoms with Crippen molar-refractivity contribution in [1.82, 2.24) is 0 Å². The van der Waals surface area contributed by atoms with Crippen LogP contribution in [0, 0.1) is 0 Å². The molecule has 0 radical (unpaired) electrons. The van der Waals surface area contributed by atoms with Crippen LogP contribution in [0.2, 0.25) is 0 Å². The van der Waals surface area contributed by atoms with Gasteiger partial charge in [-0.3, -0.25) is 9.59 Å². The van der Waals surface area contributed by atoms with Crippen LogP contribution in [-0.2, 0) is 4.79 Å². The minimum Gasteiger partial charge on any atom is -0.493 e. The molecule has 0 bridgehead atoms. The maximum atomic E-state index is 11.6. The molecule has 16 heavy (non-hydrogen) atoms. The highest BCUT2D eigenvalue weighted by atomic mass is 16.5. The SMILES string of the molecule is COc1ccc2c(c1OC)C=CC(=O)C2=O. The van der Waals surface area contributed by atoms with Crippen molar-refractivity contribution in [3.05, 3.63) is 29.3 Å². The molecule has 1 aromatic rings. The van der Waals surface area contributed by atoms with E-state index in [1.807, 2.05) is 0 Å². The first-order chi connectivity index (χ1) is 7.69. The van der Waals surface area contributed by atoms with Gasteiger partial charge in [0, 0.05) is 11.1 Å². The number of rotatable bonds is 2. The summed E-state index contributed by atoms with van der Waals surface area (Å²) in [6.07, 6.45) is 2.81. The number of ether oxygens (including phenoxy) is 2. The number of ketones is 2. The topological polar surface area (TPSA) is 52.6 Å². The first-order valence-corrected chi connectivity index (χ1v) is 4.70. The maximum absolute atomic E-state index is 11.6. The molecule has 1 aromatic carbocycles. The van der Waals surface area contributed by atoms with Crippen LogP contribution in [0.3, 0.4) is 0 Å². The minimum atomic E-state index is -0.515. The molecule has 4 nitrogen and oxygen atoms in total. The van der Waals surface area contributed by atoms with Crippen molar-refractivity contribution in [2.75, 3.05) is 14.2 Å². The monoisotopic (exact) mass is 218 g/mol. The Labute approximate surface area is 92.5 Å². The predicted octanol–water partition coefficient (Wildman–Crippen LogP) is 1.48. The van der Waals surface area contributed by atoms with Gasteiger partial charge in [0.25, 0.3) is 0 Å². The summed E-state index contributed by atoms with van der Waals surface area (Å²) in [5.74, 6) is -0.0247. The third-order valence-corrected chi connectivity index (χ3v) is 2.45. The lowest BCUT2D eigenvalue weighted by Gasteiger charge is -2.15. The Kier molecular flexibility index (Phi) is 2.48. The number of fused-ring (bicyclic) bond motifs is 1. The molecule has 0 atom stereocenters. The second kappa shape index (κ2) is 3.81. The zero-order valence-electron chi connectivity index (χ0n) is 8.94. The fraction of sp³-hybridized carbons (Fsp3) is 0.167. The summed E-state index contributed by atoms with van der Waals surface area (Å²) >= 11 is 0. The lowest BCUT2D eigenvalue weighted by molar-refractivity contribution is -0.110. The minimum absolute atomic E-state index is 0.352. The summed E-state index contributed by atoms with van der Waals surface area (Å²) in [4.78, 5) is 22.8. The van der Waals surface area contributed by atoms with Gasteiger partial charge < -0.3 is 9.47 Å². The normalized spacial score (nSPS) is 13.6. The molecule has 0 unspecified atom stereocenters. The number of carbonyl (C=O) groups is 2. The standard InChI is InChI=1S/C12H10O4/c1-15-10-6-4-7-8(12(10)16-2)3-5-9(13)11(7)14/h3-6H,1-2H3. The van der Waals surface area contributed by atoms with Crippen LogP contribution >= 0.6 is 0 Å². The molecule has 0 amide bonds. The average Bonchev–Trinajstić information content (AvgIpc) is 2.32. The van der Waals surface area contributed by atoms with Crippen molar-refractivity contribution in [1.29, 1.82) is 0 Å². The van der Waals surface area contributed by atoms with Crippen molar-refractivity contribution in [3.63, 3.8) is 0 Å². The molecule has 1 aliphatic carbocycles. The molecule has 1 aliphatic rings. The van der Waals surface area contributed by atoms with Crippen LogP contribution in [0.15, 0.2) is 18.2 Å². The predicted molar refractivity (Wildman–Crippen MR) is 57.9 cm³/mol. The Morgan fingerprint density at radius 1 is 1.00 bits per heavy atom. The Morgan fingerprint density at radius 2 is 1.75 bits per heavy atom. The van der Waals surface area contributed by atoms with Gasteiger partial charge in [-0.15, -0.1) is 0 Å². The smallest absolute Gasteiger partial charge is 0.233 e. The lowest BCUT2D eigenvalue weighted by Crippen LogP contribution is -2.16. The largest absolute Gasteiger partial charge is 0.493 e. The second-order valence-electron chi connectivity index (χ2n) is 3.29. The fourth-order valence-electron chi connectivity index (χ4n) is 1.68. The van der Waals surface area contributed by atoms with Gasteiger partial charge in [0.05, 0.1) is 14.2 Å². The zero-order chi connectivity index (χ0) is 11.7. The Morgan fingerprint density at radius 3 is 2.38 bits per heavy atom. The summed E-state index contributed by atoms with van der Waals surface area (Å²) in [6, 6.07) is 3.18. The van der Waals surface area contributed by atoms with Crippen LogP contribution in [-0.4, -0.2) is 25.8 Å². The van der Waals surface area contributed by atoms with Crippen LogP contribution in [0.4, 0.5) is 0 Å². The molecule has 0 N–H and O–H groups in total. The Balaban J connectivity index is 2.69. The highest BCUT2D eigenvalue weighted by molar-refractivity contribution is 6.50. The van der Waals surface area contributed by atoms with Gasteiger partial charge in [0.2, 0.25) is 11.6 Å². The molecular weight excluding hydrogens is 208 g/mol. The van der Waals surface area contributed by atoms with E-state index in [2.05, 4.69) is 0 Å². The second-order valence-corrected chi connectivity index (χ2v) is 3.29. The van der Waals surface area contributed by atoms with E-state index in [9.17, 15) is 9.59 Å².